The predicted octanol–water partition coefficient (Wildman–Crippen LogP) is 2.87. The standard InChI is InChI=1S/C15H24N2O/c1-5-12-9-7-8-11(3)13(12)17-14(18)15(4,6-2)10-16/h7-9H,5-6,10,16H2,1-4H3,(H,17,18). The number of hydrogen-bond donors (Lipinski definition) is 2. The second-order valence-corrected chi connectivity index (χ2v) is 5.04. The van der Waals surface area contributed by atoms with E-state index in [-0.39, 0.29) is 5.91 Å². The molecule has 1 unspecified atom stereocenters. The fraction of sp³-hybridized carbons (Fsp3) is 0.533. The lowest BCUT2D eigenvalue weighted by Crippen LogP contribution is -2.39. The van der Waals surface area contributed by atoms with E-state index in [1.165, 1.54) is 5.56 Å². The molecule has 0 aliphatic carbocycles. The van der Waals surface area contributed by atoms with Gasteiger partial charge in [0.25, 0.3) is 0 Å². The zero-order valence-corrected chi connectivity index (χ0v) is 11.8. The molecule has 1 amide bonds. The van der Waals surface area contributed by atoms with Crippen LogP contribution in [0.2, 0.25) is 0 Å². The predicted molar refractivity (Wildman–Crippen MR) is 76.6 cm³/mol. The molecule has 0 heterocycles. The molecule has 0 bridgehead atoms. The van der Waals surface area contributed by atoms with Gasteiger partial charge in [0.15, 0.2) is 0 Å². The zero-order chi connectivity index (χ0) is 13.8. The smallest absolute Gasteiger partial charge is 0.231 e. The summed E-state index contributed by atoms with van der Waals surface area (Å²) in [5.41, 5.74) is 8.43. The van der Waals surface area contributed by atoms with Gasteiger partial charge in [-0.05, 0) is 37.8 Å². The van der Waals surface area contributed by atoms with Crippen molar-refractivity contribution in [1.82, 2.24) is 0 Å². The van der Waals surface area contributed by atoms with Crippen molar-refractivity contribution in [3.8, 4) is 0 Å². The molecule has 18 heavy (non-hydrogen) atoms. The molecule has 3 N–H and O–H groups in total. The monoisotopic (exact) mass is 248 g/mol. The maximum Gasteiger partial charge on any atom is 0.231 e. The summed E-state index contributed by atoms with van der Waals surface area (Å²) in [5, 5.41) is 3.05. The number of nitrogens with two attached hydrogens (primary N) is 1. The third-order valence-electron chi connectivity index (χ3n) is 3.76. The number of anilines is 1. The molecule has 0 aliphatic heterocycles. The molecule has 1 aromatic rings. The van der Waals surface area contributed by atoms with E-state index >= 15 is 0 Å². The Hall–Kier alpha value is -1.35. The number of carbonyl (C=O) groups is 1. The Bertz CT molecular complexity index is 423. The van der Waals surface area contributed by atoms with Crippen LogP contribution >= 0.6 is 0 Å². The van der Waals surface area contributed by atoms with E-state index in [0.717, 1.165) is 24.1 Å². The zero-order valence-electron chi connectivity index (χ0n) is 11.8. The fourth-order valence-corrected chi connectivity index (χ4v) is 1.86. The molecule has 1 atom stereocenters. The molecule has 3 heteroatoms. The van der Waals surface area contributed by atoms with Gasteiger partial charge in [0.1, 0.15) is 0 Å². The minimum atomic E-state index is -0.493. The van der Waals surface area contributed by atoms with Gasteiger partial charge in [-0.25, -0.2) is 0 Å². The van der Waals surface area contributed by atoms with Crippen molar-refractivity contribution < 1.29 is 4.79 Å². The van der Waals surface area contributed by atoms with Gasteiger partial charge in [0.2, 0.25) is 5.91 Å². The molecule has 3 nitrogen and oxygen atoms in total. The van der Waals surface area contributed by atoms with Gasteiger partial charge in [0.05, 0.1) is 5.41 Å². The van der Waals surface area contributed by atoms with Gasteiger partial charge in [-0.15, -0.1) is 0 Å². The van der Waals surface area contributed by atoms with Crippen molar-refractivity contribution in [3.05, 3.63) is 29.3 Å². The van der Waals surface area contributed by atoms with E-state index in [1.54, 1.807) is 0 Å². The Kier molecular flexibility index (Phi) is 4.91. The molecule has 100 valence electrons. The lowest BCUT2D eigenvalue weighted by atomic mass is 9.86. The first-order valence-corrected chi connectivity index (χ1v) is 6.58. The Morgan fingerprint density at radius 3 is 2.56 bits per heavy atom. The Labute approximate surface area is 110 Å². The average molecular weight is 248 g/mol. The van der Waals surface area contributed by atoms with Crippen LogP contribution in [0.1, 0.15) is 38.3 Å². The number of carbonyl (C=O) groups excluding carboxylic acids is 1. The van der Waals surface area contributed by atoms with E-state index in [0.29, 0.717) is 6.54 Å². The Balaban J connectivity index is 3.01. The number of hydrogen-bond acceptors (Lipinski definition) is 2. The van der Waals surface area contributed by atoms with Gasteiger partial charge < -0.3 is 11.1 Å². The topological polar surface area (TPSA) is 55.1 Å². The minimum absolute atomic E-state index is 0.0106. The number of nitrogens with one attached hydrogen (secondary N) is 1. The van der Waals surface area contributed by atoms with Crippen LogP contribution in [0.5, 0.6) is 0 Å². The van der Waals surface area contributed by atoms with Crippen LogP contribution in [0.25, 0.3) is 0 Å². The lowest BCUT2D eigenvalue weighted by molar-refractivity contribution is -0.124. The van der Waals surface area contributed by atoms with Crippen LogP contribution in [0.15, 0.2) is 18.2 Å². The number of rotatable bonds is 5. The van der Waals surface area contributed by atoms with E-state index < -0.39 is 5.41 Å². The highest BCUT2D eigenvalue weighted by Crippen LogP contribution is 2.26. The normalized spacial score (nSPS) is 14.1. The summed E-state index contributed by atoms with van der Waals surface area (Å²) < 4.78 is 0. The molecular weight excluding hydrogens is 224 g/mol. The third kappa shape index (κ3) is 2.91. The third-order valence-corrected chi connectivity index (χ3v) is 3.76. The van der Waals surface area contributed by atoms with Gasteiger partial charge >= 0.3 is 0 Å². The summed E-state index contributed by atoms with van der Waals surface area (Å²) >= 11 is 0. The summed E-state index contributed by atoms with van der Waals surface area (Å²) in [6, 6.07) is 6.08. The lowest BCUT2D eigenvalue weighted by Gasteiger charge is -2.26. The molecule has 0 aromatic heterocycles. The average Bonchev–Trinajstić information content (AvgIpc) is 2.39. The fourth-order valence-electron chi connectivity index (χ4n) is 1.86. The van der Waals surface area contributed by atoms with Crippen LogP contribution in [-0.4, -0.2) is 12.5 Å². The van der Waals surface area contributed by atoms with Gasteiger partial charge in [-0.2, -0.15) is 0 Å². The second kappa shape index (κ2) is 6.01. The maximum atomic E-state index is 12.3. The van der Waals surface area contributed by atoms with Crippen molar-refractivity contribution in [3.63, 3.8) is 0 Å². The first-order valence-electron chi connectivity index (χ1n) is 6.58. The number of aryl methyl sites for hydroxylation is 2. The van der Waals surface area contributed by atoms with Gasteiger partial charge in [0, 0.05) is 12.2 Å². The van der Waals surface area contributed by atoms with Crippen LogP contribution in [0.4, 0.5) is 5.69 Å². The van der Waals surface area contributed by atoms with Gasteiger partial charge in [-0.3, -0.25) is 4.79 Å². The van der Waals surface area contributed by atoms with Crippen molar-refractivity contribution in [2.45, 2.75) is 40.5 Å². The minimum Gasteiger partial charge on any atom is -0.329 e. The Morgan fingerprint density at radius 2 is 2.06 bits per heavy atom. The van der Waals surface area contributed by atoms with Crippen molar-refractivity contribution >= 4 is 11.6 Å². The van der Waals surface area contributed by atoms with Crippen molar-refractivity contribution in [2.75, 3.05) is 11.9 Å². The summed E-state index contributed by atoms with van der Waals surface area (Å²) in [4.78, 5) is 12.3. The van der Waals surface area contributed by atoms with Crippen molar-refractivity contribution in [1.29, 1.82) is 0 Å². The quantitative estimate of drug-likeness (QED) is 0.842. The summed E-state index contributed by atoms with van der Waals surface area (Å²) in [5.74, 6) is 0.0106. The van der Waals surface area contributed by atoms with E-state index in [4.69, 9.17) is 5.73 Å². The molecule has 1 aromatic carbocycles. The first-order chi connectivity index (χ1) is 8.48. The van der Waals surface area contributed by atoms with Crippen LogP contribution in [0, 0.1) is 12.3 Å². The van der Waals surface area contributed by atoms with Crippen molar-refractivity contribution in [2.24, 2.45) is 11.1 Å². The molecule has 0 spiro atoms. The highest BCUT2D eigenvalue weighted by molar-refractivity contribution is 5.96. The molecule has 0 saturated carbocycles. The van der Waals surface area contributed by atoms with Crippen LogP contribution in [-0.2, 0) is 11.2 Å². The summed E-state index contributed by atoms with van der Waals surface area (Å²) in [7, 11) is 0. The van der Waals surface area contributed by atoms with Crippen LogP contribution in [0.3, 0.4) is 0 Å². The largest absolute Gasteiger partial charge is 0.329 e. The SMILES string of the molecule is CCc1cccc(C)c1NC(=O)C(C)(CC)CN. The first kappa shape index (κ1) is 14.7. The van der Waals surface area contributed by atoms with E-state index in [9.17, 15) is 4.79 Å². The molecular formula is C15H24N2O. The maximum absolute atomic E-state index is 12.3. The molecule has 0 radical (unpaired) electrons. The van der Waals surface area contributed by atoms with Gasteiger partial charge in [-0.1, -0.05) is 32.0 Å². The van der Waals surface area contributed by atoms with Crippen LogP contribution < -0.4 is 11.1 Å². The molecule has 0 fully saturated rings. The highest BCUT2D eigenvalue weighted by Gasteiger charge is 2.30. The number of benzene rings is 1. The molecule has 0 aliphatic rings. The number of para-hydroxylation sites is 1. The highest BCUT2D eigenvalue weighted by atomic mass is 16.2. The molecule has 0 saturated heterocycles. The molecule has 1 rings (SSSR count). The summed E-state index contributed by atoms with van der Waals surface area (Å²) in [6.07, 6.45) is 1.64. The second-order valence-electron chi connectivity index (χ2n) is 5.04. The summed E-state index contributed by atoms with van der Waals surface area (Å²) in [6.45, 7) is 8.37. The van der Waals surface area contributed by atoms with E-state index in [1.807, 2.05) is 39.0 Å². The van der Waals surface area contributed by atoms with E-state index in [2.05, 4.69) is 12.2 Å². The number of amides is 1. The Morgan fingerprint density at radius 1 is 1.39 bits per heavy atom.